The van der Waals surface area contributed by atoms with Gasteiger partial charge in [0.05, 0.1) is 37.5 Å². The minimum Gasteiger partial charge on any atom is -0.383 e. The largest absolute Gasteiger partial charge is 0.383 e. The number of carbonyl (C=O) groups excluding carboxylic acids is 1. The zero-order chi connectivity index (χ0) is 22.0. The van der Waals surface area contributed by atoms with Crippen LogP contribution in [0, 0.1) is 0 Å². The number of amidine groups is 1. The Morgan fingerprint density at radius 1 is 1.16 bits per heavy atom. The zero-order valence-corrected chi connectivity index (χ0v) is 18.4. The van der Waals surface area contributed by atoms with Gasteiger partial charge in [-0.2, -0.15) is 0 Å². The third kappa shape index (κ3) is 3.84. The second-order valence-electron chi connectivity index (χ2n) is 8.56. The maximum Gasteiger partial charge on any atom is 0.227 e. The minimum absolute atomic E-state index is 0.144. The number of nitrogens with zero attached hydrogens (tertiary/aromatic N) is 2. The molecule has 32 heavy (non-hydrogen) atoms. The molecule has 1 saturated heterocycles. The first-order valence-electron chi connectivity index (χ1n) is 11.2. The molecule has 7 nitrogen and oxygen atoms in total. The number of ether oxygens (including phenoxy) is 1. The van der Waals surface area contributed by atoms with Crippen LogP contribution in [-0.2, 0) is 16.0 Å². The van der Waals surface area contributed by atoms with Crippen molar-refractivity contribution in [2.24, 2.45) is 4.99 Å². The van der Waals surface area contributed by atoms with Gasteiger partial charge in [-0.3, -0.25) is 9.79 Å². The Hall–Kier alpha value is -3.32. The number of hydrogen-bond donors (Lipinski definition) is 3. The van der Waals surface area contributed by atoms with Gasteiger partial charge in [0, 0.05) is 30.8 Å². The maximum absolute atomic E-state index is 13.4. The monoisotopic (exact) mass is 431 g/mol. The van der Waals surface area contributed by atoms with Gasteiger partial charge in [0.15, 0.2) is 0 Å². The van der Waals surface area contributed by atoms with Gasteiger partial charge in [0.25, 0.3) is 0 Å². The molecule has 2 aromatic carbocycles. The van der Waals surface area contributed by atoms with Gasteiger partial charge in [-0.15, -0.1) is 0 Å². The molecule has 2 aliphatic heterocycles. The molecule has 1 atom stereocenters. The SMILES string of the molecule is COCCN=C1Nc2ccccc2NC12CCCN(C(=O)Cc1c[nH]c3ccccc13)C2. The number of para-hydroxylation sites is 3. The van der Waals surface area contributed by atoms with Crippen molar-refractivity contribution in [1.29, 1.82) is 0 Å². The number of carbonyl (C=O) groups is 1. The second-order valence-corrected chi connectivity index (χ2v) is 8.56. The van der Waals surface area contributed by atoms with Crippen LogP contribution in [0.3, 0.4) is 0 Å². The van der Waals surface area contributed by atoms with Crippen molar-refractivity contribution in [2.75, 3.05) is 44.0 Å². The van der Waals surface area contributed by atoms with Crippen molar-refractivity contribution in [3.05, 3.63) is 60.3 Å². The Kier molecular flexibility index (Phi) is 5.57. The van der Waals surface area contributed by atoms with E-state index in [1.54, 1.807) is 7.11 Å². The van der Waals surface area contributed by atoms with E-state index < -0.39 is 5.54 Å². The molecule has 0 radical (unpaired) electrons. The van der Waals surface area contributed by atoms with Crippen LogP contribution in [0.4, 0.5) is 11.4 Å². The lowest BCUT2D eigenvalue weighted by Crippen LogP contribution is -2.62. The number of fused-ring (bicyclic) bond motifs is 2. The number of rotatable bonds is 5. The number of benzene rings is 2. The molecular formula is C25H29N5O2. The topological polar surface area (TPSA) is 81.8 Å². The van der Waals surface area contributed by atoms with Crippen LogP contribution in [0.15, 0.2) is 59.7 Å². The Morgan fingerprint density at radius 2 is 1.97 bits per heavy atom. The first kappa shape index (κ1) is 20.6. The highest BCUT2D eigenvalue weighted by Crippen LogP contribution is 2.36. The second kappa shape index (κ2) is 8.67. The molecule has 3 N–H and O–H groups in total. The fraction of sp³-hybridized carbons (Fsp3) is 0.360. The predicted octanol–water partition coefficient (Wildman–Crippen LogP) is 3.65. The van der Waals surface area contributed by atoms with Gasteiger partial charge >= 0.3 is 0 Å². The van der Waals surface area contributed by atoms with E-state index in [1.165, 1.54) is 0 Å². The lowest BCUT2D eigenvalue weighted by Gasteiger charge is -2.47. The number of aliphatic imine (C=N–C) groups is 1. The van der Waals surface area contributed by atoms with Crippen molar-refractivity contribution in [3.8, 4) is 0 Å². The van der Waals surface area contributed by atoms with E-state index in [4.69, 9.17) is 9.73 Å². The highest BCUT2D eigenvalue weighted by atomic mass is 16.5. The quantitative estimate of drug-likeness (QED) is 0.539. The molecule has 1 unspecified atom stereocenters. The van der Waals surface area contributed by atoms with Crippen molar-refractivity contribution < 1.29 is 9.53 Å². The Balaban J connectivity index is 1.40. The number of amides is 1. The Bertz CT molecular complexity index is 1150. The van der Waals surface area contributed by atoms with Crippen LogP contribution in [0.2, 0.25) is 0 Å². The smallest absolute Gasteiger partial charge is 0.227 e. The van der Waals surface area contributed by atoms with E-state index in [0.717, 1.165) is 53.1 Å². The van der Waals surface area contributed by atoms with E-state index in [0.29, 0.717) is 26.1 Å². The third-order valence-corrected chi connectivity index (χ3v) is 6.43. The normalized spacial score (nSPS) is 21.4. The predicted molar refractivity (Wildman–Crippen MR) is 128 cm³/mol. The van der Waals surface area contributed by atoms with Crippen molar-refractivity contribution >= 4 is 34.0 Å². The Morgan fingerprint density at radius 3 is 2.84 bits per heavy atom. The number of piperidine rings is 1. The summed E-state index contributed by atoms with van der Waals surface area (Å²) in [4.78, 5) is 23.4. The molecule has 5 rings (SSSR count). The first-order chi connectivity index (χ1) is 15.7. The van der Waals surface area contributed by atoms with E-state index in [1.807, 2.05) is 47.5 Å². The number of hydrogen-bond acceptors (Lipinski definition) is 4. The van der Waals surface area contributed by atoms with Crippen molar-refractivity contribution in [2.45, 2.75) is 24.8 Å². The van der Waals surface area contributed by atoms with Crippen molar-refractivity contribution in [3.63, 3.8) is 0 Å². The number of H-pyrrole nitrogens is 1. The molecule has 3 aromatic rings. The molecule has 2 aliphatic rings. The standard InChI is InChI=1S/C25H29N5O2/c1-32-14-12-26-24-25(29-22-10-5-4-9-21(22)28-24)11-6-13-30(17-25)23(31)15-18-16-27-20-8-3-2-7-19(18)20/h2-5,7-10,16,27,29H,6,11-15,17H2,1H3,(H,26,28). The van der Waals surface area contributed by atoms with E-state index in [-0.39, 0.29) is 5.91 Å². The molecule has 1 aromatic heterocycles. The van der Waals surface area contributed by atoms with Crippen LogP contribution in [0.1, 0.15) is 18.4 Å². The molecule has 1 amide bonds. The fourth-order valence-electron chi connectivity index (χ4n) is 4.82. The van der Waals surface area contributed by atoms with Gasteiger partial charge in [-0.25, -0.2) is 0 Å². The molecule has 0 saturated carbocycles. The number of aromatic amines is 1. The van der Waals surface area contributed by atoms with E-state index in [9.17, 15) is 4.79 Å². The van der Waals surface area contributed by atoms with Gasteiger partial charge in [0.2, 0.25) is 5.91 Å². The average molecular weight is 432 g/mol. The van der Waals surface area contributed by atoms with Crippen LogP contribution < -0.4 is 10.6 Å². The molecule has 166 valence electrons. The number of methoxy groups -OCH3 is 1. The maximum atomic E-state index is 13.4. The summed E-state index contributed by atoms with van der Waals surface area (Å²) < 4.78 is 5.21. The number of nitrogens with one attached hydrogen (secondary N) is 3. The summed E-state index contributed by atoms with van der Waals surface area (Å²) in [6.07, 6.45) is 4.17. The summed E-state index contributed by atoms with van der Waals surface area (Å²) in [7, 11) is 1.68. The third-order valence-electron chi connectivity index (χ3n) is 6.43. The summed E-state index contributed by atoms with van der Waals surface area (Å²) in [5.74, 6) is 1.03. The molecular weight excluding hydrogens is 402 g/mol. The highest BCUT2D eigenvalue weighted by molar-refractivity contribution is 6.10. The summed E-state index contributed by atoms with van der Waals surface area (Å²) in [6, 6.07) is 16.3. The summed E-state index contributed by atoms with van der Waals surface area (Å²) in [5.41, 5.74) is 3.74. The van der Waals surface area contributed by atoms with Gasteiger partial charge < -0.3 is 25.3 Å². The highest BCUT2D eigenvalue weighted by Gasteiger charge is 2.44. The summed E-state index contributed by atoms with van der Waals surface area (Å²) >= 11 is 0. The van der Waals surface area contributed by atoms with Crippen LogP contribution in [0.25, 0.3) is 10.9 Å². The van der Waals surface area contributed by atoms with Gasteiger partial charge in [0.1, 0.15) is 11.4 Å². The van der Waals surface area contributed by atoms with Crippen LogP contribution in [0.5, 0.6) is 0 Å². The molecule has 7 heteroatoms. The summed E-state index contributed by atoms with van der Waals surface area (Å²) in [6.45, 7) is 2.48. The average Bonchev–Trinajstić information content (AvgIpc) is 3.22. The molecule has 3 heterocycles. The number of anilines is 2. The fourth-order valence-corrected chi connectivity index (χ4v) is 4.82. The van der Waals surface area contributed by atoms with Crippen LogP contribution in [-0.4, -0.2) is 60.5 Å². The van der Waals surface area contributed by atoms with Crippen molar-refractivity contribution in [1.82, 2.24) is 9.88 Å². The number of aromatic nitrogens is 1. The van der Waals surface area contributed by atoms with Gasteiger partial charge in [-0.1, -0.05) is 30.3 Å². The zero-order valence-electron chi connectivity index (χ0n) is 18.4. The first-order valence-corrected chi connectivity index (χ1v) is 11.2. The minimum atomic E-state index is -0.420. The number of likely N-dealkylation sites (tertiary alicyclic amines) is 1. The molecule has 1 spiro atoms. The van der Waals surface area contributed by atoms with E-state index >= 15 is 0 Å². The van der Waals surface area contributed by atoms with Gasteiger partial charge in [-0.05, 0) is 36.6 Å². The summed E-state index contributed by atoms with van der Waals surface area (Å²) in [5, 5.41) is 8.37. The molecule has 1 fully saturated rings. The van der Waals surface area contributed by atoms with E-state index in [2.05, 4.69) is 27.8 Å². The van der Waals surface area contributed by atoms with Crippen LogP contribution >= 0.6 is 0 Å². The molecule has 0 aliphatic carbocycles. The lowest BCUT2D eigenvalue weighted by atomic mass is 9.85. The molecule has 0 bridgehead atoms. The Labute approximate surface area is 187 Å². The lowest BCUT2D eigenvalue weighted by molar-refractivity contribution is -0.131.